The average molecular weight is 401 g/mol. The van der Waals surface area contributed by atoms with Gasteiger partial charge in [0.1, 0.15) is 13.2 Å². The lowest BCUT2D eigenvalue weighted by Gasteiger charge is -2.18. The number of carbonyl (C=O) groups excluding carboxylic acids is 1. The number of hydrogen-bond donors (Lipinski definition) is 1. The highest BCUT2D eigenvalue weighted by atomic mass is 79.9. The summed E-state index contributed by atoms with van der Waals surface area (Å²) in [5, 5.41) is 6.64. The molecule has 1 amide bonds. The fraction of sp³-hybridized carbons (Fsp3) is 0.111. The average Bonchev–Trinajstić information content (AvgIpc) is 3.13. The van der Waals surface area contributed by atoms with E-state index in [1.54, 1.807) is 12.1 Å². The van der Waals surface area contributed by atoms with Gasteiger partial charge in [0.25, 0.3) is 5.91 Å². The number of halogens is 1. The first-order chi connectivity index (χ1) is 12.2. The van der Waals surface area contributed by atoms with E-state index in [0.717, 1.165) is 10.0 Å². The van der Waals surface area contributed by atoms with Crippen LogP contribution in [0.5, 0.6) is 11.5 Å². The van der Waals surface area contributed by atoms with Gasteiger partial charge in [0.05, 0.1) is 5.69 Å². The smallest absolute Gasteiger partial charge is 0.277 e. The molecule has 4 rings (SSSR count). The van der Waals surface area contributed by atoms with Crippen LogP contribution in [-0.4, -0.2) is 24.3 Å². The first-order valence-electron chi connectivity index (χ1n) is 7.63. The van der Waals surface area contributed by atoms with Crippen molar-refractivity contribution in [2.45, 2.75) is 0 Å². The van der Waals surface area contributed by atoms with Crippen molar-refractivity contribution < 1.29 is 18.8 Å². The highest BCUT2D eigenvalue weighted by Gasteiger charge is 2.17. The van der Waals surface area contributed by atoms with E-state index < -0.39 is 0 Å². The Bertz CT molecular complexity index is 938. The quantitative estimate of drug-likeness (QED) is 0.715. The van der Waals surface area contributed by atoms with Crippen LogP contribution in [-0.2, 0) is 0 Å². The van der Waals surface area contributed by atoms with Gasteiger partial charge in [-0.1, -0.05) is 17.3 Å². The van der Waals surface area contributed by atoms with Crippen LogP contribution >= 0.6 is 15.9 Å². The van der Waals surface area contributed by atoms with E-state index in [1.807, 2.05) is 36.4 Å². The fourth-order valence-electron chi connectivity index (χ4n) is 2.46. The van der Waals surface area contributed by atoms with E-state index in [9.17, 15) is 4.79 Å². The maximum absolute atomic E-state index is 12.3. The molecule has 1 aromatic heterocycles. The normalized spacial score (nSPS) is 12.7. The van der Waals surface area contributed by atoms with E-state index in [0.29, 0.717) is 36.2 Å². The number of nitrogens with one attached hydrogen (secondary N) is 1. The fourth-order valence-corrected chi connectivity index (χ4v) is 2.85. The molecule has 0 saturated carbocycles. The molecule has 0 atom stereocenters. The molecule has 0 spiro atoms. The zero-order valence-corrected chi connectivity index (χ0v) is 14.6. The predicted octanol–water partition coefficient (Wildman–Crippen LogP) is 4.13. The highest BCUT2D eigenvalue weighted by molar-refractivity contribution is 9.10. The van der Waals surface area contributed by atoms with Gasteiger partial charge in [-0.25, -0.2) is 0 Å². The van der Waals surface area contributed by atoms with Gasteiger partial charge in [-0.15, -0.1) is 0 Å². The monoisotopic (exact) mass is 400 g/mol. The number of ether oxygens (including phenoxy) is 2. The molecule has 126 valence electrons. The molecule has 0 bridgehead atoms. The molecule has 1 aliphatic heterocycles. The van der Waals surface area contributed by atoms with E-state index in [1.165, 1.54) is 0 Å². The minimum Gasteiger partial charge on any atom is -0.486 e. The summed E-state index contributed by atoms with van der Waals surface area (Å²) in [5.41, 5.74) is 1.62. The number of hydrogen-bond acceptors (Lipinski definition) is 5. The standard InChI is InChI=1S/C18H13BrN2O4/c19-12-3-1-2-4-13(12)20-18(22)14-10-16(25-21-14)11-5-6-15-17(9-11)24-8-7-23-15/h1-6,9-10H,7-8H2,(H,20,22). The van der Waals surface area contributed by atoms with Gasteiger partial charge in [-0.05, 0) is 46.3 Å². The molecule has 3 aromatic rings. The Hall–Kier alpha value is -2.80. The molecule has 6 nitrogen and oxygen atoms in total. The van der Waals surface area contributed by atoms with Crippen molar-refractivity contribution in [1.29, 1.82) is 0 Å². The molecule has 7 heteroatoms. The van der Waals surface area contributed by atoms with Gasteiger partial charge in [-0.3, -0.25) is 4.79 Å². The molecule has 0 saturated heterocycles. The SMILES string of the molecule is O=C(Nc1ccccc1Br)c1cc(-c2ccc3c(c2)OCCO3)on1. The second-order valence-electron chi connectivity index (χ2n) is 5.37. The number of aromatic nitrogens is 1. The highest BCUT2D eigenvalue weighted by Crippen LogP contribution is 2.34. The summed E-state index contributed by atoms with van der Waals surface area (Å²) in [6.45, 7) is 1.04. The number of anilines is 1. The second kappa shape index (κ2) is 6.60. The van der Waals surface area contributed by atoms with Crippen LogP contribution < -0.4 is 14.8 Å². The molecular formula is C18H13BrN2O4. The summed E-state index contributed by atoms with van der Waals surface area (Å²) in [7, 11) is 0. The first-order valence-corrected chi connectivity index (χ1v) is 8.42. The van der Waals surface area contributed by atoms with Crippen molar-refractivity contribution in [2.75, 3.05) is 18.5 Å². The lowest BCUT2D eigenvalue weighted by molar-refractivity contribution is 0.101. The van der Waals surface area contributed by atoms with Gasteiger partial charge in [-0.2, -0.15) is 0 Å². The van der Waals surface area contributed by atoms with Crippen molar-refractivity contribution in [3.8, 4) is 22.8 Å². The van der Waals surface area contributed by atoms with Crippen LogP contribution in [0.3, 0.4) is 0 Å². The van der Waals surface area contributed by atoms with E-state index in [2.05, 4.69) is 26.4 Å². The zero-order valence-electron chi connectivity index (χ0n) is 13.0. The van der Waals surface area contributed by atoms with Crippen LogP contribution in [0.15, 0.2) is 57.5 Å². The lowest BCUT2D eigenvalue weighted by Crippen LogP contribution is -2.15. The van der Waals surface area contributed by atoms with Crippen LogP contribution in [0.4, 0.5) is 5.69 Å². The summed E-state index contributed by atoms with van der Waals surface area (Å²) in [5.74, 6) is 1.48. The lowest BCUT2D eigenvalue weighted by atomic mass is 10.1. The van der Waals surface area contributed by atoms with Crippen molar-refractivity contribution in [3.05, 3.63) is 58.7 Å². The molecule has 0 radical (unpaired) electrons. The van der Waals surface area contributed by atoms with Crippen molar-refractivity contribution >= 4 is 27.5 Å². The molecule has 2 heterocycles. The summed E-state index contributed by atoms with van der Waals surface area (Å²) in [4.78, 5) is 12.3. The number of fused-ring (bicyclic) bond motifs is 1. The Morgan fingerprint density at radius 2 is 1.84 bits per heavy atom. The second-order valence-corrected chi connectivity index (χ2v) is 6.22. The molecule has 0 fully saturated rings. The molecule has 0 aliphatic carbocycles. The minimum atomic E-state index is -0.348. The molecule has 25 heavy (non-hydrogen) atoms. The Balaban J connectivity index is 1.56. The third-order valence-electron chi connectivity index (χ3n) is 3.69. The number of para-hydroxylation sites is 1. The summed E-state index contributed by atoms with van der Waals surface area (Å²) < 4.78 is 17.2. The minimum absolute atomic E-state index is 0.195. The number of carbonyl (C=O) groups is 1. The van der Waals surface area contributed by atoms with Crippen LogP contribution in [0.25, 0.3) is 11.3 Å². The number of rotatable bonds is 3. The molecular weight excluding hydrogens is 388 g/mol. The molecule has 0 unspecified atom stereocenters. The van der Waals surface area contributed by atoms with Gasteiger partial charge < -0.3 is 19.3 Å². The van der Waals surface area contributed by atoms with E-state index >= 15 is 0 Å². The van der Waals surface area contributed by atoms with E-state index in [-0.39, 0.29) is 11.6 Å². The molecule has 2 aromatic carbocycles. The van der Waals surface area contributed by atoms with Gasteiger partial charge in [0, 0.05) is 16.1 Å². The van der Waals surface area contributed by atoms with Crippen molar-refractivity contribution in [2.24, 2.45) is 0 Å². The van der Waals surface area contributed by atoms with Crippen molar-refractivity contribution in [3.63, 3.8) is 0 Å². The third-order valence-corrected chi connectivity index (χ3v) is 4.38. The van der Waals surface area contributed by atoms with Gasteiger partial charge >= 0.3 is 0 Å². The predicted molar refractivity (Wildman–Crippen MR) is 95.0 cm³/mol. The van der Waals surface area contributed by atoms with Crippen LogP contribution in [0, 0.1) is 0 Å². The zero-order chi connectivity index (χ0) is 17.2. The summed E-state index contributed by atoms with van der Waals surface area (Å²) >= 11 is 3.39. The number of nitrogens with zero attached hydrogens (tertiary/aromatic N) is 1. The Morgan fingerprint density at radius 3 is 2.68 bits per heavy atom. The van der Waals surface area contributed by atoms with Crippen LogP contribution in [0.2, 0.25) is 0 Å². The number of amides is 1. The maximum Gasteiger partial charge on any atom is 0.277 e. The van der Waals surface area contributed by atoms with Gasteiger partial charge in [0.15, 0.2) is 23.0 Å². The number of benzene rings is 2. The van der Waals surface area contributed by atoms with Crippen LogP contribution in [0.1, 0.15) is 10.5 Å². The Labute approximate surface area is 151 Å². The summed E-state index contributed by atoms with van der Waals surface area (Å²) in [6, 6.07) is 14.4. The maximum atomic E-state index is 12.3. The topological polar surface area (TPSA) is 73.6 Å². The third kappa shape index (κ3) is 3.23. The van der Waals surface area contributed by atoms with Gasteiger partial charge in [0.2, 0.25) is 0 Å². The summed E-state index contributed by atoms with van der Waals surface area (Å²) in [6.07, 6.45) is 0. The van der Waals surface area contributed by atoms with E-state index in [4.69, 9.17) is 14.0 Å². The Morgan fingerprint density at radius 1 is 1.04 bits per heavy atom. The molecule has 1 aliphatic rings. The first kappa shape index (κ1) is 15.7. The molecule has 1 N–H and O–H groups in total. The largest absolute Gasteiger partial charge is 0.486 e. The Kier molecular flexibility index (Phi) is 4.15. The van der Waals surface area contributed by atoms with Crippen molar-refractivity contribution in [1.82, 2.24) is 5.16 Å².